The lowest BCUT2D eigenvalue weighted by Crippen LogP contribution is -2.35. The topological polar surface area (TPSA) is 111 Å². The molecule has 1 aromatic rings. The molecule has 2 heterocycles. The second-order valence-corrected chi connectivity index (χ2v) is 4.68. The van der Waals surface area contributed by atoms with Crippen LogP contribution in [0, 0.1) is 5.92 Å². The highest BCUT2D eigenvalue weighted by Crippen LogP contribution is 2.35. The number of halogens is 1. The van der Waals surface area contributed by atoms with E-state index in [-0.39, 0.29) is 6.61 Å². The third-order valence-electron chi connectivity index (χ3n) is 3.26. The van der Waals surface area contributed by atoms with Crippen LogP contribution in [0.25, 0.3) is 0 Å². The molecule has 0 radical (unpaired) electrons. The van der Waals surface area contributed by atoms with Gasteiger partial charge in [0.1, 0.15) is 0 Å². The highest BCUT2D eigenvalue weighted by Gasteiger charge is 2.46. The van der Waals surface area contributed by atoms with Gasteiger partial charge in [0.25, 0.3) is 5.56 Å². The van der Waals surface area contributed by atoms with E-state index >= 15 is 0 Å². The number of ether oxygens (including phenoxy) is 2. The summed E-state index contributed by atoms with van der Waals surface area (Å²) in [7, 11) is 0. The Bertz CT molecular complexity index is 627. The fourth-order valence-electron chi connectivity index (χ4n) is 2.21. The van der Waals surface area contributed by atoms with Crippen LogP contribution in [0.3, 0.4) is 0 Å². The standard InChI is InChI=1S/C12H15FN2O6/c1-6(17)20-5-7-8(4-16)21-11(10(7)13)15-3-2-9(18)14-12(15)19/h2-3,7-8,10-11,16H,4-5H2,1H3,(H,14,18,19). The highest BCUT2D eigenvalue weighted by molar-refractivity contribution is 5.65. The average molecular weight is 302 g/mol. The first-order valence-corrected chi connectivity index (χ1v) is 6.29. The van der Waals surface area contributed by atoms with Gasteiger partial charge in [0.15, 0.2) is 12.4 Å². The molecular formula is C12H15FN2O6. The van der Waals surface area contributed by atoms with Crippen molar-refractivity contribution in [3.8, 4) is 0 Å². The number of aliphatic hydroxyl groups is 1. The number of nitrogens with one attached hydrogen (secondary N) is 1. The number of aromatic nitrogens is 2. The van der Waals surface area contributed by atoms with Gasteiger partial charge in [0, 0.05) is 19.2 Å². The lowest BCUT2D eigenvalue weighted by Gasteiger charge is -2.17. The van der Waals surface area contributed by atoms with Crippen LogP contribution in [0.5, 0.6) is 0 Å². The fraction of sp³-hybridized carbons (Fsp3) is 0.583. The summed E-state index contributed by atoms with van der Waals surface area (Å²) in [4.78, 5) is 35.4. The lowest BCUT2D eigenvalue weighted by molar-refractivity contribution is -0.143. The third-order valence-corrected chi connectivity index (χ3v) is 3.26. The van der Waals surface area contributed by atoms with E-state index in [1.54, 1.807) is 0 Å². The van der Waals surface area contributed by atoms with Crippen LogP contribution in [-0.4, -0.2) is 46.1 Å². The van der Waals surface area contributed by atoms with Gasteiger partial charge in [-0.2, -0.15) is 0 Å². The quantitative estimate of drug-likeness (QED) is 0.686. The van der Waals surface area contributed by atoms with Gasteiger partial charge in [0.05, 0.1) is 25.2 Å². The number of nitrogens with zero attached hydrogens (tertiary/aromatic N) is 1. The first kappa shape index (κ1) is 15.4. The van der Waals surface area contributed by atoms with Gasteiger partial charge in [-0.15, -0.1) is 0 Å². The summed E-state index contributed by atoms with van der Waals surface area (Å²) >= 11 is 0. The predicted molar refractivity (Wildman–Crippen MR) is 67.3 cm³/mol. The summed E-state index contributed by atoms with van der Waals surface area (Å²) in [6.45, 7) is 0.429. The van der Waals surface area contributed by atoms with Crippen molar-refractivity contribution in [1.29, 1.82) is 0 Å². The molecule has 0 bridgehead atoms. The van der Waals surface area contributed by atoms with Crippen LogP contribution in [0.1, 0.15) is 13.2 Å². The maximum Gasteiger partial charge on any atom is 0.330 e. The summed E-state index contributed by atoms with van der Waals surface area (Å²) in [6, 6.07) is 1.06. The summed E-state index contributed by atoms with van der Waals surface area (Å²) in [5.41, 5.74) is -1.43. The van der Waals surface area contributed by atoms with Gasteiger partial charge in [-0.05, 0) is 0 Å². The van der Waals surface area contributed by atoms with Crippen molar-refractivity contribution in [2.45, 2.75) is 25.4 Å². The zero-order valence-electron chi connectivity index (χ0n) is 11.2. The number of aliphatic hydroxyl groups excluding tert-OH is 1. The van der Waals surface area contributed by atoms with E-state index in [9.17, 15) is 23.9 Å². The summed E-state index contributed by atoms with van der Waals surface area (Å²) in [5, 5.41) is 9.22. The highest BCUT2D eigenvalue weighted by atomic mass is 19.1. The molecular weight excluding hydrogens is 287 g/mol. The van der Waals surface area contributed by atoms with E-state index in [4.69, 9.17) is 9.47 Å². The Morgan fingerprint density at radius 3 is 2.86 bits per heavy atom. The number of hydrogen-bond acceptors (Lipinski definition) is 6. The van der Waals surface area contributed by atoms with Gasteiger partial charge in [-0.1, -0.05) is 0 Å². The summed E-state index contributed by atoms with van der Waals surface area (Å²) in [5.74, 6) is -1.48. The molecule has 1 fully saturated rings. The molecule has 0 amide bonds. The molecule has 0 spiro atoms. The number of carbonyl (C=O) groups excluding carboxylic acids is 1. The maximum absolute atomic E-state index is 14.4. The predicted octanol–water partition coefficient (Wildman–Crippen LogP) is -1.06. The van der Waals surface area contributed by atoms with Gasteiger partial charge in [-0.3, -0.25) is 19.1 Å². The minimum absolute atomic E-state index is 0.268. The van der Waals surface area contributed by atoms with Gasteiger partial charge in [0.2, 0.25) is 0 Å². The Balaban J connectivity index is 2.24. The van der Waals surface area contributed by atoms with E-state index in [2.05, 4.69) is 0 Å². The maximum atomic E-state index is 14.4. The first-order chi connectivity index (χ1) is 9.93. The van der Waals surface area contributed by atoms with Crippen molar-refractivity contribution in [2.75, 3.05) is 13.2 Å². The molecule has 1 aromatic heterocycles. The van der Waals surface area contributed by atoms with Gasteiger partial charge >= 0.3 is 11.7 Å². The normalized spacial score (nSPS) is 28.5. The minimum atomic E-state index is -1.68. The average Bonchev–Trinajstić information content (AvgIpc) is 2.73. The zero-order valence-corrected chi connectivity index (χ0v) is 11.2. The molecule has 21 heavy (non-hydrogen) atoms. The van der Waals surface area contributed by atoms with Crippen molar-refractivity contribution in [1.82, 2.24) is 9.55 Å². The molecule has 0 aromatic carbocycles. The van der Waals surface area contributed by atoms with E-state index in [1.165, 1.54) is 6.92 Å². The van der Waals surface area contributed by atoms with Crippen LogP contribution in [0.2, 0.25) is 0 Å². The molecule has 1 aliphatic rings. The summed E-state index contributed by atoms with van der Waals surface area (Å²) < 4.78 is 25.4. The lowest BCUT2D eigenvalue weighted by atomic mass is 10.0. The molecule has 9 heteroatoms. The Morgan fingerprint density at radius 2 is 2.29 bits per heavy atom. The Labute approximate surface area is 118 Å². The Hall–Kier alpha value is -2.00. The summed E-state index contributed by atoms with van der Waals surface area (Å²) in [6.07, 6.45) is -2.78. The first-order valence-electron chi connectivity index (χ1n) is 6.29. The Kier molecular flexibility index (Phi) is 4.53. The van der Waals surface area contributed by atoms with Crippen molar-refractivity contribution in [2.24, 2.45) is 5.92 Å². The van der Waals surface area contributed by atoms with Crippen LogP contribution < -0.4 is 11.2 Å². The van der Waals surface area contributed by atoms with Crippen molar-refractivity contribution < 1.29 is 23.8 Å². The molecule has 1 saturated heterocycles. The number of carbonyl (C=O) groups is 1. The number of alkyl halides is 1. The second-order valence-electron chi connectivity index (χ2n) is 4.68. The molecule has 2 N–H and O–H groups in total. The smallest absolute Gasteiger partial charge is 0.330 e. The number of rotatable bonds is 4. The van der Waals surface area contributed by atoms with E-state index < -0.39 is 48.2 Å². The number of esters is 1. The van der Waals surface area contributed by atoms with Gasteiger partial charge < -0.3 is 14.6 Å². The molecule has 2 rings (SSSR count). The van der Waals surface area contributed by atoms with Crippen molar-refractivity contribution >= 4 is 5.97 Å². The largest absolute Gasteiger partial charge is 0.465 e. The number of hydrogen-bond donors (Lipinski definition) is 2. The number of H-pyrrole nitrogens is 1. The molecule has 1 aliphatic heterocycles. The SMILES string of the molecule is CC(=O)OCC1C(CO)OC(n2ccc(=O)[nH]c2=O)C1F. The third kappa shape index (κ3) is 3.19. The van der Waals surface area contributed by atoms with Crippen LogP contribution in [0.15, 0.2) is 21.9 Å². The monoisotopic (exact) mass is 302 g/mol. The van der Waals surface area contributed by atoms with E-state index in [1.807, 2.05) is 4.98 Å². The molecule has 4 unspecified atom stereocenters. The van der Waals surface area contributed by atoms with Gasteiger partial charge in [-0.25, -0.2) is 9.18 Å². The molecule has 0 aliphatic carbocycles. The fourth-order valence-corrected chi connectivity index (χ4v) is 2.21. The van der Waals surface area contributed by atoms with Crippen LogP contribution in [-0.2, 0) is 14.3 Å². The second kappa shape index (κ2) is 6.19. The molecule has 0 saturated carbocycles. The van der Waals surface area contributed by atoms with Crippen LogP contribution in [0.4, 0.5) is 4.39 Å². The van der Waals surface area contributed by atoms with Crippen LogP contribution >= 0.6 is 0 Å². The molecule has 8 nitrogen and oxygen atoms in total. The molecule has 4 atom stereocenters. The minimum Gasteiger partial charge on any atom is -0.465 e. The van der Waals surface area contributed by atoms with Crippen molar-refractivity contribution in [3.63, 3.8) is 0 Å². The van der Waals surface area contributed by atoms with E-state index in [0.29, 0.717) is 0 Å². The number of aromatic amines is 1. The molecule has 116 valence electrons. The van der Waals surface area contributed by atoms with Crippen molar-refractivity contribution in [3.05, 3.63) is 33.1 Å². The Morgan fingerprint density at radius 1 is 1.57 bits per heavy atom. The van der Waals surface area contributed by atoms with E-state index in [0.717, 1.165) is 16.8 Å². The zero-order chi connectivity index (χ0) is 15.6.